The lowest BCUT2D eigenvalue weighted by Crippen LogP contribution is -2.15. The number of aromatic nitrogens is 5. The van der Waals surface area contributed by atoms with Crippen LogP contribution in [0.25, 0.3) is 0 Å². The van der Waals surface area contributed by atoms with E-state index >= 15 is 0 Å². The summed E-state index contributed by atoms with van der Waals surface area (Å²) < 4.78 is 1.74. The fraction of sp³-hybridized carbons (Fsp3) is 0.300. The summed E-state index contributed by atoms with van der Waals surface area (Å²) in [5.74, 6) is -0.171. The first kappa shape index (κ1) is 12.0. The van der Waals surface area contributed by atoms with Crippen molar-refractivity contribution < 1.29 is 9.90 Å². The summed E-state index contributed by atoms with van der Waals surface area (Å²) in [7, 11) is 1.81. The van der Waals surface area contributed by atoms with Gasteiger partial charge in [-0.15, -0.1) is 15.3 Å². The van der Waals surface area contributed by atoms with Crippen LogP contribution in [0.5, 0.6) is 0 Å². The highest BCUT2D eigenvalue weighted by atomic mass is 16.4. The molecule has 1 unspecified atom stereocenters. The number of anilines is 1. The van der Waals surface area contributed by atoms with Crippen LogP contribution in [-0.2, 0) is 7.05 Å². The number of aryl methyl sites for hydroxylation is 1. The molecule has 0 aliphatic heterocycles. The van der Waals surface area contributed by atoms with E-state index in [2.05, 4.69) is 25.7 Å². The normalized spacial score (nSPS) is 12.1. The molecule has 0 bridgehead atoms. The number of carboxylic acids is 1. The lowest BCUT2D eigenvalue weighted by molar-refractivity contribution is 0.0697. The molecule has 2 heterocycles. The van der Waals surface area contributed by atoms with Crippen LogP contribution >= 0.6 is 0 Å². The molecule has 2 aromatic rings. The summed E-state index contributed by atoms with van der Waals surface area (Å²) in [6, 6.07) is 1.16. The highest BCUT2D eigenvalue weighted by Gasteiger charge is 2.16. The van der Waals surface area contributed by atoms with Crippen molar-refractivity contribution in [1.82, 2.24) is 25.0 Å². The Balaban J connectivity index is 2.25. The van der Waals surface area contributed by atoms with Crippen molar-refractivity contribution >= 4 is 11.8 Å². The molecule has 8 nitrogen and oxygen atoms in total. The van der Waals surface area contributed by atoms with Crippen LogP contribution in [0.1, 0.15) is 29.1 Å². The SMILES string of the molecule is CC(Nc1nnccc1C(=O)O)c1nncn1C. The second-order valence-corrected chi connectivity index (χ2v) is 3.76. The third-order valence-electron chi connectivity index (χ3n) is 2.44. The second kappa shape index (κ2) is 4.78. The van der Waals surface area contributed by atoms with Crippen LogP contribution in [0, 0.1) is 0 Å². The van der Waals surface area contributed by atoms with Gasteiger partial charge in [0.05, 0.1) is 12.2 Å². The highest BCUT2D eigenvalue weighted by molar-refractivity contribution is 5.92. The van der Waals surface area contributed by atoms with Crippen molar-refractivity contribution in [3.63, 3.8) is 0 Å². The Morgan fingerprint density at radius 3 is 2.83 bits per heavy atom. The minimum absolute atomic E-state index is 0.0685. The van der Waals surface area contributed by atoms with Gasteiger partial charge in [0.15, 0.2) is 11.6 Å². The van der Waals surface area contributed by atoms with E-state index in [0.29, 0.717) is 5.82 Å². The molecule has 2 aromatic heterocycles. The van der Waals surface area contributed by atoms with E-state index in [-0.39, 0.29) is 17.4 Å². The van der Waals surface area contributed by atoms with E-state index in [1.165, 1.54) is 12.3 Å². The number of nitrogens with one attached hydrogen (secondary N) is 1. The third kappa shape index (κ3) is 2.26. The first-order chi connectivity index (χ1) is 8.59. The Hall–Kier alpha value is -2.51. The highest BCUT2D eigenvalue weighted by Crippen LogP contribution is 2.17. The average molecular weight is 248 g/mol. The van der Waals surface area contributed by atoms with Gasteiger partial charge in [-0.2, -0.15) is 5.10 Å². The molecule has 0 spiro atoms. The van der Waals surface area contributed by atoms with E-state index in [4.69, 9.17) is 5.11 Å². The number of hydrogen-bond donors (Lipinski definition) is 2. The number of rotatable bonds is 4. The summed E-state index contributed by atoms with van der Waals surface area (Å²) in [6.45, 7) is 1.84. The molecule has 94 valence electrons. The van der Waals surface area contributed by atoms with Crippen molar-refractivity contribution in [1.29, 1.82) is 0 Å². The fourth-order valence-corrected chi connectivity index (χ4v) is 1.56. The van der Waals surface area contributed by atoms with Crippen molar-refractivity contribution in [3.8, 4) is 0 Å². The number of carboxylic acid groups (broad SMARTS) is 1. The zero-order valence-corrected chi connectivity index (χ0v) is 9.90. The van der Waals surface area contributed by atoms with E-state index in [1.807, 2.05) is 14.0 Å². The zero-order valence-electron chi connectivity index (χ0n) is 9.90. The summed E-state index contributed by atoms with van der Waals surface area (Å²) in [5.41, 5.74) is 0.0685. The monoisotopic (exact) mass is 248 g/mol. The van der Waals surface area contributed by atoms with Crippen molar-refractivity contribution in [2.24, 2.45) is 7.05 Å². The van der Waals surface area contributed by atoms with Crippen LogP contribution in [0.4, 0.5) is 5.82 Å². The minimum atomic E-state index is -1.06. The first-order valence-electron chi connectivity index (χ1n) is 5.25. The quantitative estimate of drug-likeness (QED) is 0.810. The molecule has 2 N–H and O–H groups in total. The molecule has 0 radical (unpaired) electrons. The number of nitrogens with zero attached hydrogens (tertiary/aromatic N) is 5. The Bertz CT molecular complexity index is 567. The molecule has 0 fully saturated rings. The summed E-state index contributed by atoms with van der Waals surface area (Å²) >= 11 is 0. The smallest absolute Gasteiger partial charge is 0.339 e. The van der Waals surface area contributed by atoms with Gasteiger partial charge in [-0.05, 0) is 13.0 Å². The maximum atomic E-state index is 11.0. The van der Waals surface area contributed by atoms with Gasteiger partial charge >= 0.3 is 5.97 Å². The minimum Gasteiger partial charge on any atom is -0.478 e. The van der Waals surface area contributed by atoms with Gasteiger partial charge in [-0.1, -0.05) is 0 Å². The maximum absolute atomic E-state index is 11.0. The summed E-state index contributed by atoms with van der Waals surface area (Å²) in [4.78, 5) is 11.0. The number of aromatic carboxylic acids is 1. The Kier molecular flexibility index (Phi) is 3.18. The molecule has 0 aliphatic carbocycles. The summed E-state index contributed by atoms with van der Waals surface area (Å²) in [6.07, 6.45) is 2.91. The van der Waals surface area contributed by atoms with Gasteiger partial charge < -0.3 is 15.0 Å². The second-order valence-electron chi connectivity index (χ2n) is 3.76. The van der Waals surface area contributed by atoms with E-state index in [1.54, 1.807) is 10.9 Å². The average Bonchev–Trinajstić information content (AvgIpc) is 2.76. The first-order valence-corrected chi connectivity index (χ1v) is 5.25. The molecular formula is C10H12N6O2. The molecule has 18 heavy (non-hydrogen) atoms. The molecule has 8 heteroatoms. The lowest BCUT2D eigenvalue weighted by Gasteiger charge is -2.14. The van der Waals surface area contributed by atoms with Crippen molar-refractivity contribution in [2.45, 2.75) is 13.0 Å². The number of hydrogen-bond acceptors (Lipinski definition) is 6. The van der Waals surface area contributed by atoms with E-state index < -0.39 is 5.97 Å². The molecule has 0 aromatic carbocycles. The topological polar surface area (TPSA) is 106 Å². The molecule has 0 saturated heterocycles. The maximum Gasteiger partial charge on any atom is 0.339 e. The lowest BCUT2D eigenvalue weighted by atomic mass is 10.2. The van der Waals surface area contributed by atoms with Crippen LogP contribution in [0.2, 0.25) is 0 Å². The van der Waals surface area contributed by atoms with Gasteiger partial charge in [-0.3, -0.25) is 0 Å². The molecular weight excluding hydrogens is 236 g/mol. The Labute approximate surface area is 103 Å². The fourth-order valence-electron chi connectivity index (χ4n) is 1.56. The van der Waals surface area contributed by atoms with Gasteiger partial charge in [0.2, 0.25) is 0 Å². The predicted octanol–water partition coefficient (Wildman–Crippen LogP) is 0.476. The van der Waals surface area contributed by atoms with Gasteiger partial charge in [-0.25, -0.2) is 4.79 Å². The predicted molar refractivity (Wildman–Crippen MR) is 62.0 cm³/mol. The van der Waals surface area contributed by atoms with Crippen molar-refractivity contribution in [2.75, 3.05) is 5.32 Å². The molecule has 0 amide bonds. The molecule has 2 rings (SSSR count). The van der Waals surface area contributed by atoms with E-state index in [9.17, 15) is 4.79 Å². The molecule has 1 atom stereocenters. The van der Waals surface area contributed by atoms with Crippen LogP contribution in [0.3, 0.4) is 0 Å². The Morgan fingerprint density at radius 2 is 2.22 bits per heavy atom. The van der Waals surface area contributed by atoms with Gasteiger partial charge in [0.1, 0.15) is 11.9 Å². The summed E-state index contributed by atoms with van der Waals surface area (Å²) in [5, 5.41) is 27.1. The van der Waals surface area contributed by atoms with Crippen LogP contribution in [0.15, 0.2) is 18.6 Å². The van der Waals surface area contributed by atoms with E-state index in [0.717, 1.165) is 0 Å². The van der Waals surface area contributed by atoms with Crippen LogP contribution < -0.4 is 5.32 Å². The Morgan fingerprint density at radius 1 is 1.44 bits per heavy atom. The molecule has 0 saturated carbocycles. The van der Waals surface area contributed by atoms with Gasteiger partial charge in [0.25, 0.3) is 0 Å². The van der Waals surface area contributed by atoms with Gasteiger partial charge in [0, 0.05) is 7.05 Å². The largest absolute Gasteiger partial charge is 0.478 e. The van der Waals surface area contributed by atoms with Crippen molar-refractivity contribution in [3.05, 3.63) is 30.0 Å². The zero-order chi connectivity index (χ0) is 13.1. The number of carbonyl (C=O) groups is 1. The standard InChI is InChI=1S/C10H12N6O2/c1-6(9-15-12-5-16(9)2)13-8-7(10(17)18)3-4-11-14-8/h3-6H,1-2H3,(H,13,14)(H,17,18). The van der Waals surface area contributed by atoms with Crippen LogP contribution in [-0.4, -0.2) is 36.0 Å². The third-order valence-corrected chi connectivity index (χ3v) is 2.44. The molecule has 0 aliphatic rings.